The first-order valence-electron chi connectivity index (χ1n) is 10.0. The lowest BCUT2D eigenvalue weighted by Gasteiger charge is -2.27. The number of carbonyl (C=O) groups is 2. The number of benzene rings is 1. The van der Waals surface area contributed by atoms with E-state index < -0.39 is 0 Å². The topological polar surface area (TPSA) is 87.9 Å². The van der Waals surface area contributed by atoms with Crippen molar-refractivity contribution >= 4 is 17.6 Å². The monoisotopic (exact) mass is 398 g/mol. The number of hydrogen-bond acceptors (Lipinski definition) is 6. The van der Waals surface area contributed by atoms with Crippen LogP contribution in [0, 0.1) is 0 Å². The van der Waals surface area contributed by atoms with Crippen LogP contribution < -0.4 is 10.2 Å². The largest absolute Gasteiger partial charge is 0.378 e. The second-order valence-electron chi connectivity index (χ2n) is 7.69. The number of carbonyl (C=O) groups excluding carboxylic acids is 2. The predicted molar refractivity (Wildman–Crippen MR) is 108 cm³/mol. The van der Waals surface area contributed by atoms with Crippen LogP contribution in [0.5, 0.6) is 0 Å². The van der Waals surface area contributed by atoms with E-state index in [4.69, 9.17) is 9.26 Å². The van der Waals surface area contributed by atoms with Gasteiger partial charge in [0.15, 0.2) is 11.6 Å². The minimum atomic E-state index is -0.269. The van der Waals surface area contributed by atoms with Crippen LogP contribution >= 0.6 is 0 Å². The smallest absolute Gasteiger partial charge is 0.259 e. The van der Waals surface area contributed by atoms with E-state index in [1.54, 1.807) is 4.90 Å². The first-order chi connectivity index (χ1) is 14.0. The second-order valence-corrected chi connectivity index (χ2v) is 7.69. The molecule has 29 heavy (non-hydrogen) atoms. The molecule has 2 aliphatic rings. The number of amides is 2. The summed E-state index contributed by atoms with van der Waals surface area (Å²) in [5.41, 5.74) is 1.20. The summed E-state index contributed by atoms with van der Waals surface area (Å²) in [6, 6.07) is 9.36. The molecule has 1 aromatic carbocycles. The van der Waals surface area contributed by atoms with Crippen LogP contribution in [0.1, 0.15) is 30.6 Å². The van der Waals surface area contributed by atoms with E-state index in [1.807, 2.05) is 49.1 Å². The lowest BCUT2D eigenvalue weighted by Crippen LogP contribution is -2.41. The van der Waals surface area contributed by atoms with Crippen LogP contribution in [0.25, 0.3) is 11.3 Å². The van der Waals surface area contributed by atoms with Gasteiger partial charge in [-0.1, -0.05) is 35.5 Å². The molecule has 2 fully saturated rings. The molecule has 2 aromatic rings. The fraction of sp³-hybridized carbons (Fsp3) is 0.476. The molecular weight excluding hydrogens is 372 g/mol. The van der Waals surface area contributed by atoms with Gasteiger partial charge in [-0.3, -0.25) is 9.59 Å². The van der Waals surface area contributed by atoms with Gasteiger partial charge in [-0.15, -0.1) is 0 Å². The van der Waals surface area contributed by atoms with Gasteiger partial charge in [0.25, 0.3) is 5.91 Å². The zero-order valence-electron chi connectivity index (χ0n) is 16.8. The lowest BCUT2D eigenvalue weighted by molar-refractivity contribution is -0.129. The number of anilines is 1. The van der Waals surface area contributed by atoms with Crippen molar-refractivity contribution in [3.8, 4) is 11.3 Å². The molecule has 3 heterocycles. The van der Waals surface area contributed by atoms with E-state index in [0.717, 1.165) is 5.56 Å². The molecule has 1 N–H and O–H groups in total. The highest BCUT2D eigenvalue weighted by molar-refractivity contribution is 6.04. The second kappa shape index (κ2) is 8.24. The third-order valence-electron chi connectivity index (χ3n) is 5.36. The first kappa shape index (κ1) is 19.4. The Morgan fingerprint density at radius 2 is 1.93 bits per heavy atom. The molecule has 0 saturated carbocycles. The molecule has 154 valence electrons. The van der Waals surface area contributed by atoms with Gasteiger partial charge in [0.05, 0.1) is 19.3 Å². The Morgan fingerprint density at radius 1 is 1.21 bits per heavy atom. The Morgan fingerprint density at radius 3 is 2.59 bits per heavy atom. The molecule has 0 radical (unpaired) electrons. The van der Waals surface area contributed by atoms with Gasteiger partial charge < -0.3 is 24.4 Å². The molecule has 2 aliphatic heterocycles. The molecule has 2 amide bonds. The van der Waals surface area contributed by atoms with Crippen molar-refractivity contribution in [2.45, 2.75) is 32.4 Å². The number of ether oxygens (including phenoxy) is 1. The number of nitrogens with zero attached hydrogens (tertiary/aromatic N) is 3. The summed E-state index contributed by atoms with van der Waals surface area (Å²) in [5.74, 6) is 0.756. The van der Waals surface area contributed by atoms with E-state index in [9.17, 15) is 9.59 Å². The third kappa shape index (κ3) is 3.98. The Hall–Kier alpha value is -2.87. The molecule has 2 saturated heterocycles. The van der Waals surface area contributed by atoms with Crippen molar-refractivity contribution in [1.82, 2.24) is 15.4 Å². The lowest BCUT2D eigenvalue weighted by atomic mass is 10.1. The van der Waals surface area contributed by atoms with Crippen molar-refractivity contribution in [2.24, 2.45) is 0 Å². The van der Waals surface area contributed by atoms with Crippen molar-refractivity contribution in [2.75, 3.05) is 37.7 Å². The number of aromatic nitrogens is 1. The van der Waals surface area contributed by atoms with Crippen LogP contribution in [0.2, 0.25) is 0 Å². The Labute approximate surface area is 169 Å². The summed E-state index contributed by atoms with van der Waals surface area (Å²) in [6.45, 7) is 6.91. The SMILES string of the molecule is CC(C)N1CC(NC(=O)c2c(N3CCOCC3)noc2-c2ccccc2)CC1=O. The number of morpholine rings is 1. The summed E-state index contributed by atoms with van der Waals surface area (Å²) in [7, 11) is 0. The summed E-state index contributed by atoms with van der Waals surface area (Å²) >= 11 is 0. The van der Waals surface area contributed by atoms with E-state index in [1.165, 1.54) is 0 Å². The minimum Gasteiger partial charge on any atom is -0.378 e. The van der Waals surface area contributed by atoms with E-state index in [0.29, 0.717) is 56.4 Å². The number of hydrogen-bond donors (Lipinski definition) is 1. The van der Waals surface area contributed by atoms with Crippen LogP contribution in [0.4, 0.5) is 5.82 Å². The fourth-order valence-corrected chi connectivity index (χ4v) is 3.85. The predicted octanol–water partition coefficient (Wildman–Crippen LogP) is 1.92. The van der Waals surface area contributed by atoms with Gasteiger partial charge >= 0.3 is 0 Å². The molecule has 1 aromatic heterocycles. The van der Waals surface area contributed by atoms with Gasteiger partial charge in [0.2, 0.25) is 5.91 Å². The van der Waals surface area contributed by atoms with Crippen molar-refractivity contribution in [1.29, 1.82) is 0 Å². The van der Waals surface area contributed by atoms with Crippen LogP contribution in [-0.2, 0) is 9.53 Å². The zero-order chi connectivity index (χ0) is 20.4. The van der Waals surface area contributed by atoms with Gasteiger partial charge in [-0.05, 0) is 13.8 Å². The molecule has 4 rings (SSSR count). The highest BCUT2D eigenvalue weighted by atomic mass is 16.5. The minimum absolute atomic E-state index is 0.0623. The molecule has 0 spiro atoms. The summed E-state index contributed by atoms with van der Waals surface area (Å²) in [6.07, 6.45) is 0.308. The molecule has 0 aliphatic carbocycles. The van der Waals surface area contributed by atoms with Crippen LogP contribution in [0.3, 0.4) is 0 Å². The number of likely N-dealkylation sites (tertiary alicyclic amines) is 1. The number of nitrogens with one attached hydrogen (secondary N) is 1. The molecule has 1 atom stereocenters. The van der Waals surface area contributed by atoms with Crippen molar-refractivity contribution in [3.63, 3.8) is 0 Å². The van der Waals surface area contributed by atoms with E-state index >= 15 is 0 Å². The van der Waals surface area contributed by atoms with Crippen LogP contribution in [-0.4, -0.2) is 66.8 Å². The Bertz CT molecular complexity index is 874. The highest BCUT2D eigenvalue weighted by Crippen LogP contribution is 2.32. The third-order valence-corrected chi connectivity index (χ3v) is 5.36. The zero-order valence-corrected chi connectivity index (χ0v) is 16.8. The fourth-order valence-electron chi connectivity index (χ4n) is 3.85. The Balaban J connectivity index is 1.62. The molecular formula is C21H26N4O4. The summed E-state index contributed by atoms with van der Waals surface area (Å²) in [4.78, 5) is 29.3. The maximum absolute atomic E-state index is 13.3. The van der Waals surface area contributed by atoms with Crippen molar-refractivity contribution in [3.05, 3.63) is 35.9 Å². The van der Waals surface area contributed by atoms with Crippen LogP contribution in [0.15, 0.2) is 34.9 Å². The normalized spacial score (nSPS) is 19.8. The van der Waals surface area contributed by atoms with Gasteiger partial charge in [-0.2, -0.15) is 0 Å². The molecule has 8 heteroatoms. The summed E-state index contributed by atoms with van der Waals surface area (Å²) in [5, 5.41) is 7.25. The average Bonchev–Trinajstić information content (AvgIpc) is 3.33. The average molecular weight is 398 g/mol. The number of rotatable bonds is 5. The maximum atomic E-state index is 13.3. The molecule has 0 bridgehead atoms. The van der Waals surface area contributed by atoms with Gasteiger partial charge in [0, 0.05) is 37.7 Å². The molecule has 8 nitrogen and oxygen atoms in total. The van der Waals surface area contributed by atoms with Gasteiger partial charge in [0.1, 0.15) is 5.56 Å². The van der Waals surface area contributed by atoms with Crippen molar-refractivity contribution < 1.29 is 18.8 Å². The van der Waals surface area contributed by atoms with E-state index in [2.05, 4.69) is 10.5 Å². The summed E-state index contributed by atoms with van der Waals surface area (Å²) < 4.78 is 11.1. The molecule has 1 unspecified atom stereocenters. The standard InChI is InChI=1S/C21H26N4O4/c1-14(2)25-13-16(12-17(25)26)22-21(27)18-19(15-6-4-3-5-7-15)29-23-20(18)24-8-10-28-11-9-24/h3-7,14,16H,8-13H2,1-2H3,(H,22,27). The van der Waals surface area contributed by atoms with E-state index in [-0.39, 0.29) is 23.9 Å². The van der Waals surface area contributed by atoms with Gasteiger partial charge in [-0.25, -0.2) is 0 Å². The maximum Gasteiger partial charge on any atom is 0.259 e. The quantitative estimate of drug-likeness (QED) is 0.828. The highest BCUT2D eigenvalue weighted by Gasteiger charge is 2.35. The Kier molecular flexibility index (Phi) is 5.53. The first-order valence-corrected chi connectivity index (χ1v) is 10.0.